The number of hydrogen-bond donors (Lipinski definition) is 2. The summed E-state index contributed by atoms with van der Waals surface area (Å²) in [6.45, 7) is 8.15. The molecule has 0 aliphatic rings. The summed E-state index contributed by atoms with van der Waals surface area (Å²) in [5.41, 5.74) is 3.15. The van der Waals surface area contributed by atoms with E-state index in [9.17, 15) is 5.11 Å². The van der Waals surface area contributed by atoms with Gasteiger partial charge in [-0.1, -0.05) is 24.3 Å². The Labute approximate surface area is 131 Å². The molecule has 0 unspecified atom stereocenters. The molecule has 3 nitrogen and oxygen atoms in total. The zero-order valence-electron chi connectivity index (χ0n) is 13.6. The molecule has 116 valence electrons. The van der Waals surface area contributed by atoms with Crippen molar-refractivity contribution in [1.29, 1.82) is 0 Å². The first-order valence-corrected chi connectivity index (χ1v) is 7.92. The molecule has 22 heavy (non-hydrogen) atoms. The van der Waals surface area contributed by atoms with E-state index in [1.165, 1.54) is 27.4 Å². The fraction of sp³-hybridized carbons (Fsp3) is 0.368. The predicted molar refractivity (Wildman–Crippen MR) is 93.1 cm³/mol. The molecule has 0 atom stereocenters. The molecule has 2 N–H and O–H groups in total. The van der Waals surface area contributed by atoms with Gasteiger partial charge >= 0.3 is 0 Å². The Kier molecular flexibility index (Phi) is 3.94. The van der Waals surface area contributed by atoms with E-state index in [2.05, 4.69) is 59.3 Å². The first kappa shape index (κ1) is 15.1. The number of hydrogen-bond acceptors (Lipinski definition) is 2. The van der Waals surface area contributed by atoms with E-state index in [4.69, 9.17) is 0 Å². The summed E-state index contributed by atoms with van der Waals surface area (Å²) >= 11 is 0. The molecule has 3 heteroatoms. The molecule has 2 aromatic carbocycles. The third-order valence-electron chi connectivity index (χ3n) is 4.04. The number of aliphatic hydroxyl groups is 1. The van der Waals surface area contributed by atoms with E-state index in [1.807, 2.05) is 13.8 Å². The molecular weight excluding hydrogens is 272 g/mol. The average Bonchev–Trinajstić information content (AvgIpc) is 2.79. The molecule has 0 spiro atoms. The Morgan fingerprint density at radius 3 is 2.50 bits per heavy atom. The summed E-state index contributed by atoms with van der Waals surface area (Å²) in [7, 11) is 0. The Bertz CT molecular complexity index is 796. The Morgan fingerprint density at radius 2 is 1.77 bits per heavy atom. The highest BCUT2D eigenvalue weighted by molar-refractivity contribution is 6.08. The van der Waals surface area contributed by atoms with Gasteiger partial charge in [0.15, 0.2) is 0 Å². The van der Waals surface area contributed by atoms with Crippen molar-refractivity contribution in [2.45, 2.75) is 39.5 Å². The fourth-order valence-electron chi connectivity index (χ4n) is 3.06. The minimum Gasteiger partial charge on any atom is -0.389 e. The molecule has 0 aliphatic heterocycles. The van der Waals surface area contributed by atoms with Crippen LogP contribution >= 0.6 is 0 Å². The van der Waals surface area contributed by atoms with Crippen LogP contribution in [-0.4, -0.2) is 21.8 Å². The first-order chi connectivity index (χ1) is 10.5. The second-order valence-electron chi connectivity index (χ2n) is 6.53. The topological polar surface area (TPSA) is 37.2 Å². The van der Waals surface area contributed by atoms with Gasteiger partial charge in [0.2, 0.25) is 0 Å². The zero-order chi connectivity index (χ0) is 15.7. The minimum absolute atomic E-state index is 0.585. The highest BCUT2D eigenvalue weighted by atomic mass is 16.3. The molecule has 0 fully saturated rings. The highest BCUT2D eigenvalue weighted by Gasteiger charge is 2.12. The molecular formula is C19H24N2O. The third-order valence-corrected chi connectivity index (χ3v) is 4.04. The van der Waals surface area contributed by atoms with Crippen molar-refractivity contribution in [3.05, 3.63) is 48.0 Å². The van der Waals surface area contributed by atoms with Gasteiger partial charge in [0.25, 0.3) is 0 Å². The fourth-order valence-corrected chi connectivity index (χ4v) is 3.06. The van der Waals surface area contributed by atoms with Gasteiger partial charge in [-0.2, -0.15) is 0 Å². The quantitative estimate of drug-likeness (QED) is 0.753. The van der Waals surface area contributed by atoms with Gasteiger partial charge in [-0.15, -0.1) is 0 Å². The normalized spacial score (nSPS) is 12.4. The molecule has 0 saturated heterocycles. The van der Waals surface area contributed by atoms with Crippen LogP contribution in [0, 0.1) is 0 Å². The van der Waals surface area contributed by atoms with Crippen molar-refractivity contribution in [2.75, 3.05) is 6.54 Å². The molecule has 0 amide bonds. The van der Waals surface area contributed by atoms with Crippen LogP contribution in [0.15, 0.2) is 42.5 Å². The van der Waals surface area contributed by atoms with Gasteiger partial charge < -0.3 is 15.0 Å². The molecule has 0 aliphatic carbocycles. The Morgan fingerprint density at radius 1 is 1.05 bits per heavy atom. The van der Waals surface area contributed by atoms with E-state index in [0.29, 0.717) is 6.54 Å². The number of aromatic nitrogens is 1. The van der Waals surface area contributed by atoms with Gasteiger partial charge in [0, 0.05) is 41.4 Å². The van der Waals surface area contributed by atoms with E-state index in [0.717, 1.165) is 13.1 Å². The van der Waals surface area contributed by atoms with Gasteiger partial charge in [-0.3, -0.25) is 0 Å². The number of nitrogens with one attached hydrogen (secondary N) is 1. The molecule has 1 aromatic heterocycles. The van der Waals surface area contributed by atoms with E-state index < -0.39 is 5.60 Å². The van der Waals surface area contributed by atoms with E-state index >= 15 is 0 Å². The summed E-state index contributed by atoms with van der Waals surface area (Å²) in [6.07, 6.45) is 0. The van der Waals surface area contributed by atoms with Crippen molar-refractivity contribution >= 4 is 21.8 Å². The van der Waals surface area contributed by atoms with Crippen molar-refractivity contribution in [3.63, 3.8) is 0 Å². The maximum absolute atomic E-state index is 9.78. The number of aryl methyl sites for hydroxylation is 1. The van der Waals surface area contributed by atoms with Crippen LogP contribution in [0.25, 0.3) is 21.8 Å². The lowest BCUT2D eigenvalue weighted by molar-refractivity contribution is 0.0795. The maximum Gasteiger partial charge on any atom is 0.0715 e. The van der Waals surface area contributed by atoms with E-state index in [-0.39, 0.29) is 0 Å². The molecule has 0 bridgehead atoms. The van der Waals surface area contributed by atoms with Crippen molar-refractivity contribution in [2.24, 2.45) is 0 Å². The second-order valence-corrected chi connectivity index (χ2v) is 6.53. The van der Waals surface area contributed by atoms with Crippen LogP contribution in [0.1, 0.15) is 26.3 Å². The Balaban J connectivity index is 1.97. The number of para-hydroxylation sites is 1. The molecule has 3 rings (SSSR count). The van der Waals surface area contributed by atoms with Crippen molar-refractivity contribution in [1.82, 2.24) is 9.88 Å². The van der Waals surface area contributed by atoms with E-state index in [1.54, 1.807) is 0 Å². The monoisotopic (exact) mass is 296 g/mol. The van der Waals surface area contributed by atoms with Crippen LogP contribution in [0.2, 0.25) is 0 Å². The summed E-state index contributed by atoms with van der Waals surface area (Å²) in [4.78, 5) is 0. The summed E-state index contributed by atoms with van der Waals surface area (Å²) < 4.78 is 2.36. The summed E-state index contributed by atoms with van der Waals surface area (Å²) in [5, 5.41) is 15.7. The predicted octanol–water partition coefficient (Wildman–Crippen LogP) is 3.67. The van der Waals surface area contributed by atoms with Crippen molar-refractivity contribution in [3.8, 4) is 0 Å². The van der Waals surface area contributed by atoms with Gasteiger partial charge in [0.1, 0.15) is 0 Å². The first-order valence-electron chi connectivity index (χ1n) is 7.92. The molecule has 0 radical (unpaired) electrons. The number of fused-ring (bicyclic) bond motifs is 3. The lowest BCUT2D eigenvalue weighted by atomic mass is 10.1. The van der Waals surface area contributed by atoms with Crippen LogP contribution in [0.3, 0.4) is 0 Å². The second kappa shape index (κ2) is 5.75. The SMILES string of the molecule is CCn1c2ccccc2c2cc(CNCC(C)(C)O)ccc21. The number of benzene rings is 2. The third kappa shape index (κ3) is 2.87. The molecule has 1 heterocycles. The summed E-state index contributed by atoms with van der Waals surface area (Å²) in [5.74, 6) is 0. The standard InChI is InChI=1S/C19H24N2O/c1-4-21-17-8-6-5-7-15(17)16-11-14(9-10-18(16)21)12-20-13-19(2,3)22/h5-11,20,22H,4,12-13H2,1-3H3. The minimum atomic E-state index is -0.678. The number of rotatable bonds is 5. The molecule has 0 saturated carbocycles. The highest BCUT2D eigenvalue weighted by Crippen LogP contribution is 2.29. The van der Waals surface area contributed by atoms with Gasteiger partial charge in [0.05, 0.1) is 5.60 Å². The largest absolute Gasteiger partial charge is 0.389 e. The molecule has 3 aromatic rings. The lowest BCUT2D eigenvalue weighted by Crippen LogP contribution is -2.34. The Hall–Kier alpha value is -1.84. The van der Waals surface area contributed by atoms with Gasteiger partial charge in [-0.05, 0) is 44.5 Å². The smallest absolute Gasteiger partial charge is 0.0715 e. The van der Waals surface area contributed by atoms with Crippen LogP contribution in [0.5, 0.6) is 0 Å². The van der Waals surface area contributed by atoms with Crippen LogP contribution < -0.4 is 5.32 Å². The average molecular weight is 296 g/mol. The van der Waals surface area contributed by atoms with Crippen molar-refractivity contribution < 1.29 is 5.11 Å². The van der Waals surface area contributed by atoms with Crippen LogP contribution in [0.4, 0.5) is 0 Å². The van der Waals surface area contributed by atoms with Gasteiger partial charge in [-0.25, -0.2) is 0 Å². The summed E-state index contributed by atoms with van der Waals surface area (Å²) in [6, 6.07) is 15.2. The maximum atomic E-state index is 9.78. The number of nitrogens with zero attached hydrogens (tertiary/aromatic N) is 1. The zero-order valence-corrected chi connectivity index (χ0v) is 13.6. The van der Waals surface area contributed by atoms with Crippen LogP contribution in [-0.2, 0) is 13.1 Å². The lowest BCUT2D eigenvalue weighted by Gasteiger charge is -2.17.